The summed E-state index contributed by atoms with van der Waals surface area (Å²) in [6.45, 7) is 1.86. The number of nitro benzene ring substituents is 1. The molecule has 1 amide bonds. The Hall–Kier alpha value is -2.83. The van der Waals surface area contributed by atoms with Gasteiger partial charge in [0.2, 0.25) is 0 Å². The van der Waals surface area contributed by atoms with Crippen LogP contribution in [0.4, 0.5) is 11.4 Å². The van der Waals surface area contributed by atoms with E-state index in [1.807, 2.05) is 4.90 Å². The highest BCUT2D eigenvalue weighted by Crippen LogP contribution is 2.31. The van der Waals surface area contributed by atoms with Gasteiger partial charge in [0.1, 0.15) is 11.4 Å². The number of nitrogens with zero attached hydrogens (tertiary/aromatic N) is 2. The number of rotatable bonds is 5. The smallest absolute Gasteiger partial charge is 0.293 e. The molecule has 0 radical (unpaired) electrons. The summed E-state index contributed by atoms with van der Waals surface area (Å²) < 4.78 is 5.15. The van der Waals surface area contributed by atoms with Crippen molar-refractivity contribution in [2.45, 2.75) is 25.8 Å². The summed E-state index contributed by atoms with van der Waals surface area (Å²) >= 11 is 0. The summed E-state index contributed by atoms with van der Waals surface area (Å²) in [4.78, 5) is 25.2. The van der Waals surface area contributed by atoms with Gasteiger partial charge >= 0.3 is 0 Å². The molecular formula is C17H19N3O4. The molecule has 3 rings (SSSR count). The molecule has 24 heavy (non-hydrogen) atoms. The predicted molar refractivity (Wildman–Crippen MR) is 89.0 cm³/mol. The molecule has 7 nitrogen and oxygen atoms in total. The second-order valence-corrected chi connectivity index (χ2v) is 5.77. The summed E-state index contributed by atoms with van der Waals surface area (Å²) in [5.74, 6) is 0.266. The van der Waals surface area contributed by atoms with Crippen LogP contribution in [0.5, 0.6) is 0 Å². The van der Waals surface area contributed by atoms with E-state index in [0.29, 0.717) is 11.4 Å². The molecule has 0 saturated carbocycles. The summed E-state index contributed by atoms with van der Waals surface area (Å²) in [5.41, 5.74) is 0.832. The quantitative estimate of drug-likeness (QED) is 0.672. The van der Waals surface area contributed by atoms with E-state index in [1.165, 1.54) is 12.3 Å². The van der Waals surface area contributed by atoms with Crippen molar-refractivity contribution in [2.24, 2.45) is 0 Å². The third-order valence-electron chi connectivity index (χ3n) is 4.13. The van der Waals surface area contributed by atoms with Crippen molar-refractivity contribution in [1.82, 2.24) is 5.32 Å². The van der Waals surface area contributed by atoms with Crippen LogP contribution < -0.4 is 10.2 Å². The molecule has 1 aliphatic rings. The largest absolute Gasteiger partial charge is 0.467 e. The fourth-order valence-corrected chi connectivity index (χ4v) is 2.90. The lowest BCUT2D eigenvalue weighted by Crippen LogP contribution is -2.30. The van der Waals surface area contributed by atoms with Crippen molar-refractivity contribution in [3.63, 3.8) is 0 Å². The molecule has 2 heterocycles. The van der Waals surface area contributed by atoms with Crippen LogP contribution in [0.2, 0.25) is 0 Å². The normalized spacial score (nSPS) is 14.4. The van der Waals surface area contributed by atoms with Crippen LogP contribution in [0.1, 0.15) is 35.4 Å². The van der Waals surface area contributed by atoms with E-state index in [2.05, 4.69) is 5.32 Å². The summed E-state index contributed by atoms with van der Waals surface area (Å²) in [5, 5.41) is 14.1. The number of piperidine rings is 1. The molecule has 7 heteroatoms. The molecule has 1 N–H and O–H groups in total. The van der Waals surface area contributed by atoms with Crippen LogP contribution >= 0.6 is 0 Å². The molecule has 0 unspecified atom stereocenters. The van der Waals surface area contributed by atoms with Gasteiger partial charge in [-0.1, -0.05) is 0 Å². The van der Waals surface area contributed by atoms with Gasteiger partial charge in [0.15, 0.2) is 0 Å². The molecule has 0 atom stereocenters. The Labute approximate surface area is 139 Å². The molecule has 0 spiro atoms. The van der Waals surface area contributed by atoms with Crippen molar-refractivity contribution in [2.75, 3.05) is 18.0 Å². The van der Waals surface area contributed by atoms with Crippen molar-refractivity contribution in [3.8, 4) is 0 Å². The number of benzene rings is 1. The average Bonchev–Trinajstić information content (AvgIpc) is 3.13. The lowest BCUT2D eigenvalue weighted by molar-refractivity contribution is -0.384. The van der Waals surface area contributed by atoms with E-state index in [9.17, 15) is 14.9 Å². The van der Waals surface area contributed by atoms with Gasteiger partial charge in [0.05, 0.1) is 17.7 Å². The SMILES string of the molecule is O=C(NCc1ccco1)c1ccc(N2CCCCC2)c([N+](=O)[O-])c1. The zero-order valence-electron chi connectivity index (χ0n) is 13.2. The van der Waals surface area contributed by atoms with Gasteiger partial charge in [-0.15, -0.1) is 0 Å². The van der Waals surface area contributed by atoms with E-state index in [4.69, 9.17) is 4.42 Å². The molecule has 2 aromatic rings. The minimum absolute atomic E-state index is 0.0254. The molecule has 1 fully saturated rings. The molecular weight excluding hydrogens is 310 g/mol. The minimum Gasteiger partial charge on any atom is -0.467 e. The second kappa shape index (κ2) is 7.16. The molecule has 1 aromatic carbocycles. The van der Waals surface area contributed by atoms with Gasteiger partial charge in [-0.05, 0) is 43.5 Å². The third kappa shape index (κ3) is 3.56. The number of amides is 1. The van der Waals surface area contributed by atoms with Gasteiger partial charge in [0, 0.05) is 24.7 Å². The molecule has 0 bridgehead atoms. The maximum Gasteiger partial charge on any atom is 0.293 e. The fourth-order valence-electron chi connectivity index (χ4n) is 2.90. The van der Waals surface area contributed by atoms with Crippen molar-refractivity contribution in [1.29, 1.82) is 0 Å². The highest BCUT2D eigenvalue weighted by Gasteiger charge is 2.23. The summed E-state index contributed by atoms with van der Waals surface area (Å²) in [6.07, 6.45) is 4.74. The Morgan fingerprint density at radius 1 is 1.25 bits per heavy atom. The zero-order chi connectivity index (χ0) is 16.9. The van der Waals surface area contributed by atoms with Gasteiger partial charge in [-0.3, -0.25) is 14.9 Å². The number of carbonyl (C=O) groups is 1. The maximum atomic E-state index is 12.2. The zero-order valence-corrected chi connectivity index (χ0v) is 13.2. The van der Waals surface area contributed by atoms with Crippen LogP contribution in [-0.2, 0) is 6.54 Å². The molecule has 1 saturated heterocycles. The number of anilines is 1. The molecule has 0 aliphatic carbocycles. The van der Waals surface area contributed by atoms with Crippen LogP contribution in [0.3, 0.4) is 0 Å². The van der Waals surface area contributed by atoms with Gasteiger partial charge < -0.3 is 14.6 Å². The lowest BCUT2D eigenvalue weighted by Gasteiger charge is -2.28. The lowest BCUT2D eigenvalue weighted by atomic mass is 10.1. The van der Waals surface area contributed by atoms with Crippen LogP contribution in [0.25, 0.3) is 0 Å². The Morgan fingerprint density at radius 2 is 2.04 bits per heavy atom. The number of nitro groups is 1. The van der Waals surface area contributed by atoms with E-state index in [-0.39, 0.29) is 23.7 Å². The predicted octanol–water partition coefficient (Wildman–Crippen LogP) is 3.11. The fraction of sp³-hybridized carbons (Fsp3) is 0.353. The Kier molecular flexibility index (Phi) is 4.79. The van der Waals surface area contributed by atoms with Gasteiger partial charge in [-0.25, -0.2) is 0 Å². The van der Waals surface area contributed by atoms with E-state index < -0.39 is 4.92 Å². The van der Waals surface area contributed by atoms with Crippen LogP contribution in [0.15, 0.2) is 41.0 Å². The third-order valence-corrected chi connectivity index (χ3v) is 4.13. The Morgan fingerprint density at radius 3 is 2.71 bits per heavy atom. The minimum atomic E-state index is -0.423. The monoisotopic (exact) mass is 329 g/mol. The number of hydrogen-bond acceptors (Lipinski definition) is 5. The molecule has 1 aliphatic heterocycles. The number of hydrogen-bond donors (Lipinski definition) is 1. The number of nitrogens with one attached hydrogen (secondary N) is 1. The van der Waals surface area contributed by atoms with Crippen molar-refractivity contribution in [3.05, 3.63) is 58.0 Å². The first-order chi connectivity index (χ1) is 11.6. The van der Waals surface area contributed by atoms with Gasteiger partial charge in [0.25, 0.3) is 11.6 Å². The highest BCUT2D eigenvalue weighted by molar-refractivity contribution is 5.95. The van der Waals surface area contributed by atoms with Crippen molar-refractivity contribution >= 4 is 17.3 Å². The number of carbonyl (C=O) groups excluding carboxylic acids is 1. The second-order valence-electron chi connectivity index (χ2n) is 5.77. The van der Waals surface area contributed by atoms with Gasteiger partial charge in [-0.2, -0.15) is 0 Å². The Balaban J connectivity index is 1.77. The van der Waals surface area contributed by atoms with E-state index in [1.54, 1.807) is 24.3 Å². The summed E-state index contributed by atoms with van der Waals surface area (Å²) in [6, 6.07) is 8.14. The molecule has 1 aromatic heterocycles. The van der Waals surface area contributed by atoms with E-state index >= 15 is 0 Å². The first-order valence-corrected chi connectivity index (χ1v) is 7.99. The Bertz CT molecular complexity index is 721. The topological polar surface area (TPSA) is 88.6 Å². The summed E-state index contributed by atoms with van der Waals surface area (Å²) in [7, 11) is 0. The standard InChI is InChI=1S/C17H19N3O4/c21-17(18-12-14-5-4-10-24-14)13-6-7-15(16(11-13)20(22)23)19-8-2-1-3-9-19/h4-7,10-11H,1-3,8-9,12H2,(H,18,21). The van der Waals surface area contributed by atoms with Crippen LogP contribution in [-0.4, -0.2) is 23.9 Å². The van der Waals surface area contributed by atoms with Crippen LogP contribution in [0, 0.1) is 10.1 Å². The maximum absolute atomic E-state index is 12.2. The first-order valence-electron chi connectivity index (χ1n) is 7.99. The number of furan rings is 1. The van der Waals surface area contributed by atoms with E-state index in [0.717, 1.165) is 32.4 Å². The molecule has 126 valence electrons. The average molecular weight is 329 g/mol. The van der Waals surface area contributed by atoms with Crippen molar-refractivity contribution < 1.29 is 14.1 Å². The first kappa shape index (κ1) is 16.0. The highest BCUT2D eigenvalue weighted by atomic mass is 16.6.